The van der Waals surface area contributed by atoms with Gasteiger partial charge in [0.1, 0.15) is 11.5 Å². The van der Waals surface area contributed by atoms with E-state index in [4.69, 9.17) is 30.7 Å². The first-order chi connectivity index (χ1) is 15.3. The molecule has 3 aromatic rings. The molecule has 0 aliphatic carbocycles. The molecule has 2 aliphatic rings. The number of rotatable bonds is 5. The van der Waals surface area contributed by atoms with Crippen LogP contribution >= 0.6 is 23.4 Å². The summed E-state index contributed by atoms with van der Waals surface area (Å²) in [7, 11) is 0. The van der Waals surface area contributed by atoms with Crippen molar-refractivity contribution in [2.45, 2.75) is 28.7 Å². The zero-order chi connectivity index (χ0) is 21.0. The number of hydrogen-bond acceptors (Lipinski definition) is 7. The van der Waals surface area contributed by atoms with Crippen molar-refractivity contribution in [2.75, 3.05) is 44.3 Å². The summed E-state index contributed by atoms with van der Waals surface area (Å²) < 4.78 is 11.8. The summed E-state index contributed by atoms with van der Waals surface area (Å²) in [5.74, 6) is 2.09. The minimum absolute atomic E-state index is 0.292. The lowest BCUT2D eigenvalue weighted by Crippen LogP contribution is -2.43. The van der Waals surface area contributed by atoms with Gasteiger partial charge in [-0.05, 0) is 61.0 Å². The molecule has 0 unspecified atom stereocenters. The van der Waals surface area contributed by atoms with Crippen LogP contribution in [0.3, 0.4) is 0 Å². The van der Waals surface area contributed by atoms with Crippen LogP contribution in [0.15, 0.2) is 57.0 Å². The van der Waals surface area contributed by atoms with Crippen molar-refractivity contribution in [3.63, 3.8) is 0 Å². The van der Waals surface area contributed by atoms with Gasteiger partial charge in [0.2, 0.25) is 0 Å². The van der Waals surface area contributed by atoms with E-state index >= 15 is 0 Å². The van der Waals surface area contributed by atoms with Gasteiger partial charge in [0.05, 0.1) is 0 Å². The smallest absolute Gasteiger partial charge is 0.199 e. The van der Waals surface area contributed by atoms with Crippen LogP contribution in [-0.4, -0.2) is 49.4 Å². The number of oxazole rings is 1. The van der Waals surface area contributed by atoms with Gasteiger partial charge in [-0.1, -0.05) is 11.6 Å². The Kier molecular flexibility index (Phi) is 6.45. The number of halogens is 1. The van der Waals surface area contributed by atoms with E-state index in [2.05, 4.69) is 22.3 Å². The lowest BCUT2D eigenvalue weighted by atomic mass is 10.0. The van der Waals surface area contributed by atoms with E-state index in [1.54, 1.807) is 11.8 Å². The lowest BCUT2D eigenvalue weighted by Gasteiger charge is -2.28. The minimum Gasteiger partial charge on any atom is -0.433 e. The first-order valence-corrected chi connectivity index (χ1v) is 11.9. The zero-order valence-electron chi connectivity index (χ0n) is 17.2. The van der Waals surface area contributed by atoms with Gasteiger partial charge >= 0.3 is 0 Å². The van der Waals surface area contributed by atoms with Gasteiger partial charge < -0.3 is 19.4 Å². The van der Waals surface area contributed by atoms with Gasteiger partial charge in [-0.3, -0.25) is 0 Å². The highest BCUT2D eigenvalue weighted by molar-refractivity contribution is 7.99. The van der Waals surface area contributed by atoms with Crippen molar-refractivity contribution in [1.82, 2.24) is 15.3 Å². The molecule has 31 heavy (non-hydrogen) atoms. The molecule has 2 fully saturated rings. The van der Waals surface area contributed by atoms with Gasteiger partial charge in [0, 0.05) is 67.0 Å². The molecule has 2 aliphatic heterocycles. The quantitative estimate of drug-likeness (QED) is 0.589. The van der Waals surface area contributed by atoms with Gasteiger partial charge in [0.25, 0.3) is 0 Å². The van der Waals surface area contributed by atoms with E-state index in [-0.39, 0.29) is 0 Å². The SMILES string of the molecule is Clc1ccc(Sc2oc(C3CCOCC3)nc2-c2ccc(N3CCNCC3)nc2)cc1. The summed E-state index contributed by atoms with van der Waals surface area (Å²) in [5.41, 5.74) is 1.82. The largest absolute Gasteiger partial charge is 0.433 e. The van der Waals surface area contributed by atoms with Crippen LogP contribution < -0.4 is 10.2 Å². The van der Waals surface area contributed by atoms with Gasteiger partial charge in [-0.25, -0.2) is 9.97 Å². The Hall–Kier alpha value is -2.06. The van der Waals surface area contributed by atoms with Gasteiger partial charge in [0.15, 0.2) is 11.0 Å². The molecule has 0 saturated carbocycles. The van der Waals surface area contributed by atoms with Crippen molar-refractivity contribution in [3.8, 4) is 11.3 Å². The Morgan fingerprint density at radius 2 is 1.81 bits per heavy atom. The molecule has 0 radical (unpaired) electrons. The van der Waals surface area contributed by atoms with Crippen LogP contribution in [0.2, 0.25) is 5.02 Å². The first kappa shape index (κ1) is 20.8. The van der Waals surface area contributed by atoms with Crippen LogP contribution in [0.25, 0.3) is 11.3 Å². The van der Waals surface area contributed by atoms with Crippen LogP contribution in [0, 0.1) is 0 Å². The first-order valence-electron chi connectivity index (χ1n) is 10.7. The van der Waals surface area contributed by atoms with Crippen LogP contribution in [-0.2, 0) is 4.74 Å². The monoisotopic (exact) mass is 456 g/mol. The number of nitrogens with zero attached hydrogens (tertiary/aromatic N) is 3. The Morgan fingerprint density at radius 1 is 1.03 bits per heavy atom. The minimum atomic E-state index is 0.292. The van der Waals surface area contributed by atoms with Crippen molar-refractivity contribution < 1.29 is 9.15 Å². The number of aromatic nitrogens is 2. The number of pyridine rings is 1. The topological polar surface area (TPSA) is 63.4 Å². The van der Waals surface area contributed by atoms with E-state index in [0.29, 0.717) is 5.92 Å². The molecule has 2 saturated heterocycles. The maximum absolute atomic E-state index is 6.31. The Morgan fingerprint density at radius 3 is 2.52 bits per heavy atom. The summed E-state index contributed by atoms with van der Waals surface area (Å²) in [4.78, 5) is 13.0. The summed E-state index contributed by atoms with van der Waals surface area (Å²) in [5, 5.41) is 4.89. The fourth-order valence-corrected chi connectivity index (χ4v) is 4.91. The molecule has 1 aromatic carbocycles. The van der Waals surface area contributed by atoms with E-state index < -0.39 is 0 Å². The number of anilines is 1. The summed E-state index contributed by atoms with van der Waals surface area (Å²) >= 11 is 7.62. The molecule has 0 spiro atoms. The van der Waals surface area contributed by atoms with E-state index in [1.807, 2.05) is 30.5 Å². The molecule has 4 heterocycles. The maximum atomic E-state index is 6.31. The number of nitrogens with one attached hydrogen (secondary N) is 1. The normalized spacial score (nSPS) is 17.8. The average Bonchev–Trinajstić information content (AvgIpc) is 3.25. The van der Waals surface area contributed by atoms with Crippen molar-refractivity contribution in [2.24, 2.45) is 0 Å². The molecule has 1 N–H and O–H groups in total. The van der Waals surface area contributed by atoms with Crippen molar-refractivity contribution >= 4 is 29.2 Å². The lowest BCUT2D eigenvalue weighted by molar-refractivity contribution is 0.0786. The second-order valence-electron chi connectivity index (χ2n) is 7.77. The number of piperazine rings is 1. The highest BCUT2D eigenvalue weighted by Crippen LogP contribution is 2.40. The molecule has 2 aromatic heterocycles. The molecule has 0 amide bonds. The summed E-state index contributed by atoms with van der Waals surface area (Å²) in [6.45, 7) is 5.43. The molecule has 8 heteroatoms. The highest BCUT2D eigenvalue weighted by atomic mass is 35.5. The molecular formula is C23H25ClN4O2S. The highest BCUT2D eigenvalue weighted by Gasteiger charge is 2.25. The van der Waals surface area contributed by atoms with Crippen LogP contribution in [0.1, 0.15) is 24.7 Å². The van der Waals surface area contributed by atoms with E-state index in [1.165, 1.54) is 0 Å². The predicted octanol–water partition coefficient (Wildman–Crippen LogP) is 4.84. The predicted molar refractivity (Wildman–Crippen MR) is 123 cm³/mol. The van der Waals surface area contributed by atoms with Crippen LogP contribution in [0.5, 0.6) is 0 Å². The average molecular weight is 457 g/mol. The number of ether oxygens (including phenoxy) is 1. The second kappa shape index (κ2) is 9.61. The van der Waals surface area contributed by atoms with Crippen molar-refractivity contribution in [1.29, 1.82) is 0 Å². The van der Waals surface area contributed by atoms with Crippen LogP contribution in [0.4, 0.5) is 5.82 Å². The van der Waals surface area contributed by atoms with E-state index in [0.717, 1.165) is 90.2 Å². The van der Waals surface area contributed by atoms with E-state index in [9.17, 15) is 0 Å². The molecule has 162 valence electrons. The Balaban J connectivity index is 1.45. The Bertz CT molecular complexity index is 997. The van der Waals surface area contributed by atoms with Gasteiger partial charge in [-0.2, -0.15) is 0 Å². The summed E-state index contributed by atoms with van der Waals surface area (Å²) in [6, 6.07) is 12.0. The Labute approximate surface area is 191 Å². The molecule has 0 atom stereocenters. The summed E-state index contributed by atoms with van der Waals surface area (Å²) in [6.07, 6.45) is 3.78. The molecule has 6 nitrogen and oxygen atoms in total. The standard InChI is InChI=1S/C23H25ClN4O2S/c24-18-2-4-19(5-3-18)31-23-21(27-22(30-23)16-7-13-29-14-8-16)17-1-6-20(26-15-17)28-11-9-25-10-12-28/h1-6,15-16,25H,7-14H2. The molecule has 5 rings (SSSR count). The molecule has 0 bridgehead atoms. The maximum Gasteiger partial charge on any atom is 0.199 e. The third-order valence-electron chi connectivity index (χ3n) is 5.67. The fourth-order valence-electron chi connectivity index (χ4n) is 3.91. The van der Waals surface area contributed by atoms with Crippen molar-refractivity contribution in [3.05, 3.63) is 53.5 Å². The second-order valence-corrected chi connectivity index (χ2v) is 9.26. The molecular weight excluding hydrogens is 432 g/mol. The number of benzene rings is 1. The zero-order valence-corrected chi connectivity index (χ0v) is 18.8. The third kappa shape index (κ3) is 4.90. The third-order valence-corrected chi connectivity index (χ3v) is 6.89. The fraction of sp³-hybridized carbons (Fsp3) is 0.391. The van der Waals surface area contributed by atoms with Gasteiger partial charge in [-0.15, -0.1) is 0 Å². The number of hydrogen-bond donors (Lipinski definition) is 1.